The summed E-state index contributed by atoms with van der Waals surface area (Å²) in [5.41, 5.74) is 4.83. The van der Waals surface area contributed by atoms with Gasteiger partial charge in [-0.2, -0.15) is 0 Å². The first kappa shape index (κ1) is 22.4. The maximum atomic E-state index is 5.29. The summed E-state index contributed by atoms with van der Waals surface area (Å²) in [6.07, 6.45) is 2.65. The molecule has 0 aliphatic carbocycles. The van der Waals surface area contributed by atoms with Crippen LogP contribution < -0.4 is 10.1 Å². The van der Waals surface area contributed by atoms with Crippen molar-refractivity contribution in [2.75, 3.05) is 27.7 Å². The molecule has 166 valence electrons. The minimum absolute atomic E-state index is 0.757. The fourth-order valence-corrected chi connectivity index (χ4v) is 3.86. The van der Waals surface area contributed by atoms with E-state index < -0.39 is 0 Å². The Bertz CT molecular complexity index is 1020. The molecule has 3 rings (SSSR count). The molecule has 8 heteroatoms. The molecule has 0 atom stereocenters. The Morgan fingerprint density at radius 1 is 1.23 bits per heavy atom. The smallest absolute Gasteiger partial charge is 0.193 e. The number of hydrogen-bond acceptors (Lipinski definition) is 4. The van der Waals surface area contributed by atoms with Crippen molar-refractivity contribution < 1.29 is 4.74 Å². The first-order valence-electron chi connectivity index (χ1n) is 10.6. The molecule has 0 amide bonds. The van der Waals surface area contributed by atoms with E-state index in [-0.39, 0.29) is 0 Å². The molecule has 0 saturated carbocycles. The van der Waals surface area contributed by atoms with E-state index in [2.05, 4.69) is 80.6 Å². The molecule has 0 spiro atoms. The lowest BCUT2D eigenvalue weighted by molar-refractivity contribution is 0.414. The number of aryl methyl sites for hydroxylation is 2. The minimum atomic E-state index is 0.757. The highest BCUT2D eigenvalue weighted by Crippen LogP contribution is 2.23. The van der Waals surface area contributed by atoms with Crippen molar-refractivity contribution in [2.24, 2.45) is 4.99 Å². The number of rotatable bonds is 8. The molecule has 0 bridgehead atoms. The van der Waals surface area contributed by atoms with Crippen molar-refractivity contribution in [3.05, 3.63) is 59.4 Å². The molecule has 2 heterocycles. The molecule has 8 nitrogen and oxygen atoms in total. The van der Waals surface area contributed by atoms with Crippen LogP contribution in [0.15, 0.2) is 41.7 Å². The molecule has 2 aromatic heterocycles. The van der Waals surface area contributed by atoms with E-state index in [4.69, 9.17) is 4.74 Å². The Labute approximate surface area is 184 Å². The summed E-state index contributed by atoms with van der Waals surface area (Å²) in [6, 6.07) is 10.4. The van der Waals surface area contributed by atoms with E-state index in [1.165, 1.54) is 17.0 Å². The van der Waals surface area contributed by atoms with Crippen LogP contribution in [0.25, 0.3) is 5.69 Å². The molecular formula is C23H33N7O. The van der Waals surface area contributed by atoms with E-state index in [9.17, 15) is 0 Å². The number of aromatic nitrogens is 4. The number of ether oxygens (including phenoxy) is 1. The fraction of sp³-hybridized carbons (Fsp3) is 0.435. The van der Waals surface area contributed by atoms with Gasteiger partial charge < -0.3 is 24.1 Å². The lowest BCUT2D eigenvalue weighted by Gasteiger charge is -2.22. The van der Waals surface area contributed by atoms with Crippen LogP contribution in [-0.2, 0) is 19.5 Å². The Morgan fingerprint density at radius 3 is 2.61 bits per heavy atom. The second-order valence-corrected chi connectivity index (χ2v) is 7.55. The predicted octanol–water partition coefficient (Wildman–Crippen LogP) is 2.96. The third kappa shape index (κ3) is 5.07. The monoisotopic (exact) mass is 423 g/mol. The highest BCUT2D eigenvalue weighted by Gasteiger charge is 2.14. The maximum absolute atomic E-state index is 5.29. The Balaban J connectivity index is 1.66. The van der Waals surface area contributed by atoms with Gasteiger partial charge in [0.2, 0.25) is 0 Å². The quantitative estimate of drug-likeness (QED) is 0.445. The SMILES string of the molecule is CCc1nncn1CCNC(=NC)N(C)Cc1cc(C)n(-c2ccc(OC)cc2)c1C. The van der Waals surface area contributed by atoms with Crippen LogP contribution in [-0.4, -0.2) is 57.9 Å². The first-order chi connectivity index (χ1) is 15.0. The fourth-order valence-electron chi connectivity index (χ4n) is 3.86. The third-order valence-corrected chi connectivity index (χ3v) is 5.50. The van der Waals surface area contributed by atoms with Gasteiger partial charge in [0.1, 0.15) is 17.9 Å². The highest BCUT2D eigenvalue weighted by molar-refractivity contribution is 5.79. The molecule has 0 unspecified atom stereocenters. The van der Waals surface area contributed by atoms with Gasteiger partial charge in [-0.1, -0.05) is 6.92 Å². The standard InChI is InChI=1S/C23H33N7O/c1-7-22-27-26-16-29(22)13-12-25-23(24-4)28(5)15-19-14-17(2)30(18(19)3)20-8-10-21(31-6)11-9-20/h8-11,14,16H,7,12-13,15H2,1-6H3,(H,24,25). The van der Waals surface area contributed by atoms with Crippen molar-refractivity contribution in [1.82, 2.24) is 29.5 Å². The summed E-state index contributed by atoms with van der Waals surface area (Å²) >= 11 is 0. The largest absolute Gasteiger partial charge is 0.497 e. The molecule has 1 aromatic carbocycles. The number of methoxy groups -OCH3 is 1. The summed E-state index contributed by atoms with van der Waals surface area (Å²) in [5.74, 6) is 2.72. The highest BCUT2D eigenvalue weighted by atomic mass is 16.5. The first-order valence-corrected chi connectivity index (χ1v) is 10.6. The summed E-state index contributed by atoms with van der Waals surface area (Å²) in [5, 5.41) is 11.6. The average molecular weight is 424 g/mol. The van der Waals surface area contributed by atoms with Crippen molar-refractivity contribution in [1.29, 1.82) is 0 Å². The van der Waals surface area contributed by atoms with E-state index in [0.717, 1.165) is 49.3 Å². The molecule has 0 fully saturated rings. The topological polar surface area (TPSA) is 72.5 Å². The van der Waals surface area contributed by atoms with Crippen molar-refractivity contribution in [2.45, 2.75) is 40.3 Å². The van der Waals surface area contributed by atoms with Crippen LogP contribution in [0.1, 0.15) is 29.7 Å². The number of nitrogens with one attached hydrogen (secondary N) is 1. The Hall–Kier alpha value is -3.29. The van der Waals surface area contributed by atoms with Gasteiger partial charge in [-0.05, 0) is 49.7 Å². The van der Waals surface area contributed by atoms with E-state index in [0.29, 0.717) is 0 Å². The lowest BCUT2D eigenvalue weighted by Crippen LogP contribution is -2.40. The molecule has 0 radical (unpaired) electrons. The van der Waals surface area contributed by atoms with Gasteiger partial charge in [0.15, 0.2) is 5.96 Å². The predicted molar refractivity (Wildman–Crippen MR) is 124 cm³/mol. The van der Waals surface area contributed by atoms with Gasteiger partial charge in [-0.3, -0.25) is 4.99 Å². The normalized spacial score (nSPS) is 11.6. The molecule has 0 aliphatic rings. The van der Waals surface area contributed by atoms with E-state index in [1.54, 1.807) is 13.4 Å². The summed E-state index contributed by atoms with van der Waals surface area (Å²) < 4.78 is 9.63. The van der Waals surface area contributed by atoms with Gasteiger partial charge >= 0.3 is 0 Å². The third-order valence-electron chi connectivity index (χ3n) is 5.50. The van der Waals surface area contributed by atoms with Crippen molar-refractivity contribution >= 4 is 5.96 Å². The molecular weight excluding hydrogens is 390 g/mol. The molecule has 0 aliphatic heterocycles. The second kappa shape index (κ2) is 10.1. The maximum Gasteiger partial charge on any atom is 0.193 e. The minimum Gasteiger partial charge on any atom is -0.497 e. The molecule has 3 aromatic rings. The number of benzene rings is 1. The van der Waals surface area contributed by atoms with Crippen molar-refractivity contribution in [3.63, 3.8) is 0 Å². The van der Waals surface area contributed by atoms with Crippen LogP contribution in [0, 0.1) is 13.8 Å². The van der Waals surface area contributed by atoms with Crippen LogP contribution in [0.5, 0.6) is 5.75 Å². The molecule has 31 heavy (non-hydrogen) atoms. The number of nitrogens with zero attached hydrogens (tertiary/aromatic N) is 6. The Kier molecular flexibility index (Phi) is 7.33. The van der Waals surface area contributed by atoms with Crippen molar-refractivity contribution in [3.8, 4) is 11.4 Å². The average Bonchev–Trinajstić information content (AvgIpc) is 3.34. The van der Waals surface area contributed by atoms with Gasteiger partial charge in [0, 0.05) is 57.2 Å². The second-order valence-electron chi connectivity index (χ2n) is 7.55. The summed E-state index contributed by atoms with van der Waals surface area (Å²) in [4.78, 5) is 6.60. The number of aliphatic imine (C=N–C) groups is 1. The van der Waals surface area contributed by atoms with Gasteiger partial charge in [0.05, 0.1) is 7.11 Å². The van der Waals surface area contributed by atoms with Crippen LogP contribution in [0.4, 0.5) is 0 Å². The zero-order valence-electron chi connectivity index (χ0n) is 19.4. The van der Waals surface area contributed by atoms with Crippen LogP contribution in [0.2, 0.25) is 0 Å². The summed E-state index contributed by atoms with van der Waals surface area (Å²) in [7, 11) is 5.56. The zero-order valence-corrected chi connectivity index (χ0v) is 19.4. The summed E-state index contributed by atoms with van der Waals surface area (Å²) in [6.45, 7) is 8.71. The van der Waals surface area contributed by atoms with E-state index in [1.807, 2.05) is 19.2 Å². The van der Waals surface area contributed by atoms with Gasteiger partial charge in [0.25, 0.3) is 0 Å². The molecule has 1 N–H and O–H groups in total. The number of guanidine groups is 1. The van der Waals surface area contributed by atoms with Gasteiger partial charge in [-0.15, -0.1) is 10.2 Å². The molecule has 0 saturated heterocycles. The van der Waals surface area contributed by atoms with Crippen LogP contribution in [0.3, 0.4) is 0 Å². The van der Waals surface area contributed by atoms with Crippen LogP contribution >= 0.6 is 0 Å². The Morgan fingerprint density at radius 2 is 1.97 bits per heavy atom. The van der Waals surface area contributed by atoms with Gasteiger partial charge in [-0.25, -0.2) is 0 Å². The number of hydrogen-bond donors (Lipinski definition) is 1. The lowest BCUT2D eigenvalue weighted by atomic mass is 10.2. The zero-order chi connectivity index (χ0) is 22.4. The van der Waals surface area contributed by atoms with E-state index >= 15 is 0 Å².